The minimum atomic E-state index is -0.699. The van der Waals surface area contributed by atoms with E-state index in [9.17, 15) is 9.59 Å². The Kier molecular flexibility index (Phi) is 8.31. The Morgan fingerprint density at radius 1 is 1.16 bits per heavy atom. The molecule has 0 saturated heterocycles. The van der Waals surface area contributed by atoms with Crippen LogP contribution in [-0.2, 0) is 9.53 Å². The van der Waals surface area contributed by atoms with E-state index in [0.717, 1.165) is 11.1 Å². The zero-order valence-electron chi connectivity index (χ0n) is 20.8. The van der Waals surface area contributed by atoms with Crippen molar-refractivity contribution in [2.75, 3.05) is 19.8 Å². The monoisotopic (exact) mass is 538 g/mol. The molecule has 0 radical (unpaired) electrons. The summed E-state index contributed by atoms with van der Waals surface area (Å²) in [6.07, 6.45) is 3.42. The number of allylic oxidation sites excluding steroid dienone is 1. The molecular weight excluding hydrogens is 512 g/mol. The molecule has 0 aliphatic carbocycles. The Morgan fingerprint density at radius 3 is 2.57 bits per heavy atom. The lowest BCUT2D eigenvalue weighted by Crippen LogP contribution is -2.39. The van der Waals surface area contributed by atoms with Gasteiger partial charge in [-0.2, -0.15) is 0 Å². The van der Waals surface area contributed by atoms with E-state index in [0.29, 0.717) is 50.3 Å². The molecule has 0 bridgehead atoms. The van der Waals surface area contributed by atoms with Gasteiger partial charge in [0.2, 0.25) is 0 Å². The van der Waals surface area contributed by atoms with Gasteiger partial charge < -0.3 is 14.2 Å². The number of thiazole rings is 1. The first-order valence-electron chi connectivity index (χ1n) is 11.8. The Morgan fingerprint density at radius 2 is 1.92 bits per heavy atom. The fraction of sp³-hybridized carbons (Fsp3) is 0.250. The number of carbonyl (C=O) groups excluding carboxylic acids is 1. The zero-order valence-corrected chi connectivity index (χ0v) is 22.4. The predicted octanol–water partition coefficient (Wildman–Crippen LogP) is 4.42. The first-order valence-corrected chi connectivity index (χ1v) is 13.0. The summed E-state index contributed by atoms with van der Waals surface area (Å²) in [4.78, 5) is 31.8. The average molecular weight is 539 g/mol. The summed E-state index contributed by atoms with van der Waals surface area (Å²) < 4.78 is 18.5. The van der Waals surface area contributed by atoms with Gasteiger partial charge in [-0.3, -0.25) is 9.36 Å². The zero-order chi connectivity index (χ0) is 26.5. The quantitative estimate of drug-likeness (QED) is 0.298. The molecule has 2 aromatic carbocycles. The van der Waals surface area contributed by atoms with E-state index in [4.69, 9.17) is 25.8 Å². The fourth-order valence-electron chi connectivity index (χ4n) is 4.04. The minimum Gasteiger partial charge on any atom is -0.492 e. The third-order valence-electron chi connectivity index (χ3n) is 5.63. The maximum absolute atomic E-state index is 13.7. The number of hydrogen-bond acceptors (Lipinski definition) is 7. The topological polar surface area (TPSA) is 79.1 Å². The van der Waals surface area contributed by atoms with Crippen LogP contribution in [0.2, 0.25) is 5.02 Å². The third kappa shape index (κ3) is 5.55. The van der Waals surface area contributed by atoms with Gasteiger partial charge in [0, 0.05) is 0 Å². The van der Waals surface area contributed by atoms with Crippen molar-refractivity contribution in [2.24, 2.45) is 4.99 Å². The third-order valence-corrected chi connectivity index (χ3v) is 6.91. The van der Waals surface area contributed by atoms with Gasteiger partial charge in [0.15, 0.2) is 4.80 Å². The van der Waals surface area contributed by atoms with E-state index < -0.39 is 12.0 Å². The van der Waals surface area contributed by atoms with Crippen molar-refractivity contribution in [3.8, 4) is 11.5 Å². The molecule has 9 heteroatoms. The van der Waals surface area contributed by atoms with Crippen LogP contribution in [0.4, 0.5) is 0 Å². The van der Waals surface area contributed by atoms with E-state index in [2.05, 4.69) is 11.6 Å². The Labute approximate surface area is 223 Å². The second kappa shape index (κ2) is 11.6. The maximum atomic E-state index is 13.7. The van der Waals surface area contributed by atoms with Gasteiger partial charge in [-0.05, 0) is 62.2 Å². The maximum Gasteiger partial charge on any atom is 0.338 e. The standard InChI is InChI=1S/C28H27ClN2O5S/c1-5-14-36-20-11-9-19(10-12-20)25-24(27(33)35-7-3)17(4)30-28-31(25)26(32)23(37-28)16-18-8-13-22(34-6-2)21(29)15-18/h5,8-13,15-16,25H,1,6-7,14H2,2-4H3/b23-16-/t25-/m1/s1. The van der Waals surface area contributed by atoms with Crippen molar-refractivity contribution in [1.82, 2.24) is 4.57 Å². The summed E-state index contributed by atoms with van der Waals surface area (Å²) >= 11 is 7.60. The molecule has 37 heavy (non-hydrogen) atoms. The van der Waals surface area contributed by atoms with Crippen LogP contribution in [0, 0.1) is 0 Å². The van der Waals surface area contributed by atoms with Gasteiger partial charge in [0.25, 0.3) is 5.56 Å². The lowest BCUT2D eigenvalue weighted by Gasteiger charge is -2.24. The number of ether oxygens (including phenoxy) is 3. The van der Waals surface area contributed by atoms with Crippen molar-refractivity contribution < 1.29 is 19.0 Å². The number of halogens is 1. The van der Waals surface area contributed by atoms with E-state index >= 15 is 0 Å². The minimum absolute atomic E-state index is 0.208. The molecule has 0 spiro atoms. The van der Waals surface area contributed by atoms with E-state index in [1.54, 1.807) is 54.8 Å². The Balaban J connectivity index is 1.85. The molecular formula is C28H27ClN2O5S. The van der Waals surface area contributed by atoms with Gasteiger partial charge in [-0.15, -0.1) is 0 Å². The van der Waals surface area contributed by atoms with Crippen molar-refractivity contribution in [3.63, 3.8) is 0 Å². The number of esters is 1. The van der Waals surface area contributed by atoms with Crippen molar-refractivity contribution in [2.45, 2.75) is 26.8 Å². The van der Waals surface area contributed by atoms with Crippen LogP contribution < -0.4 is 24.4 Å². The summed E-state index contributed by atoms with van der Waals surface area (Å²) in [5.74, 6) is 0.730. The largest absolute Gasteiger partial charge is 0.492 e. The van der Waals surface area contributed by atoms with Crippen LogP contribution in [0.25, 0.3) is 6.08 Å². The number of rotatable bonds is 9. The van der Waals surface area contributed by atoms with Gasteiger partial charge in [-0.25, -0.2) is 9.79 Å². The summed E-state index contributed by atoms with van der Waals surface area (Å²) in [7, 11) is 0. The van der Waals surface area contributed by atoms with Crippen LogP contribution in [0.5, 0.6) is 11.5 Å². The molecule has 0 unspecified atom stereocenters. The fourth-order valence-corrected chi connectivity index (χ4v) is 5.33. The average Bonchev–Trinajstić information content (AvgIpc) is 3.18. The predicted molar refractivity (Wildman–Crippen MR) is 145 cm³/mol. The Bertz CT molecular complexity index is 1540. The number of aromatic nitrogens is 1. The molecule has 0 N–H and O–H groups in total. The molecule has 0 fully saturated rings. The van der Waals surface area contributed by atoms with Crippen LogP contribution in [0.3, 0.4) is 0 Å². The molecule has 192 valence electrons. The van der Waals surface area contributed by atoms with Crippen molar-refractivity contribution >= 4 is 35.0 Å². The van der Waals surface area contributed by atoms with Gasteiger partial charge in [0.05, 0.1) is 40.1 Å². The first-order chi connectivity index (χ1) is 17.9. The second-order valence-electron chi connectivity index (χ2n) is 8.09. The highest BCUT2D eigenvalue weighted by Crippen LogP contribution is 2.32. The van der Waals surface area contributed by atoms with Gasteiger partial charge in [-0.1, -0.05) is 53.8 Å². The summed E-state index contributed by atoms with van der Waals surface area (Å²) in [5, 5.41) is 0.459. The molecule has 1 atom stereocenters. The summed E-state index contributed by atoms with van der Waals surface area (Å²) in [6.45, 7) is 10.1. The van der Waals surface area contributed by atoms with Crippen molar-refractivity contribution in [3.05, 3.63) is 102 Å². The molecule has 0 saturated carbocycles. The number of fused-ring (bicyclic) bond motifs is 1. The molecule has 7 nitrogen and oxygen atoms in total. The molecule has 1 aromatic heterocycles. The summed E-state index contributed by atoms with van der Waals surface area (Å²) in [6, 6.07) is 11.9. The molecule has 3 aromatic rings. The van der Waals surface area contributed by atoms with Crippen LogP contribution in [-0.4, -0.2) is 30.4 Å². The lowest BCUT2D eigenvalue weighted by atomic mass is 9.96. The number of hydrogen-bond donors (Lipinski definition) is 0. The molecule has 0 amide bonds. The molecule has 1 aliphatic rings. The van der Waals surface area contributed by atoms with Crippen LogP contribution >= 0.6 is 22.9 Å². The van der Waals surface area contributed by atoms with E-state index in [-0.39, 0.29) is 12.2 Å². The summed E-state index contributed by atoms with van der Waals surface area (Å²) in [5.41, 5.74) is 2.05. The van der Waals surface area contributed by atoms with Gasteiger partial charge >= 0.3 is 5.97 Å². The highest BCUT2D eigenvalue weighted by molar-refractivity contribution is 7.07. The number of carbonyl (C=O) groups is 1. The van der Waals surface area contributed by atoms with E-state index in [1.165, 1.54) is 11.3 Å². The van der Waals surface area contributed by atoms with Gasteiger partial charge in [0.1, 0.15) is 18.1 Å². The van der Waals surface area contributed by atoms with Crippen LogP contribution in [0.1, 0.15) is 37.9 Å². The number of nitrogens with zero attached hydrogens (tertiary/aromatic N) is 2. The molecule has 1 aliphatic heterocycles. The lowest BCUT2D eigenvalue weighted by molar-refractivity contribution is -0.139. The highest BCUT2D eigenvalue weighted by atomic mass is 35.5. The SMILES string of the molecule is C=CCOc1ccc([C@@H]2C(C(=O)OCC)=C(C)N=c3s/c(=C\c4ccc(OCC)c(Cl)c4)c(=O)n32)cc1. The first kappa shape index (κ1) is 26.4. The van der Waals surface area contributed by atoms with Crippen LogP contribution in [0.15, 0.2) is 76.2 Å². The van der Waals surface area contributed by atoms with Crippen molar-refractivity contribution in [1.29, 1.82) is 0 Å². The molecule has 2 heterocycles. The number of benzene rings is 2. The Hall–Kier alpha value is -3.62. The van der Waals surface area contributed by atoms with E-state index in [1.807, 2.05) is 25.1 Å². The molecule has 4 rings (SSSR count). The second-order valence-corrected chi connectivity index (χ2v) is 9.51. The smallest absolute Gasteiger partial charge is 0.338 e. The highest BCUT2D eigenvalue weighted by Gasteiger charge is 2.33. The normalized spacial score (nSPS) is 15.1.